The summed E-state index contributed by atoms with van der Waals surface area (Å²) >= 11 is 8.26. The number of nitrogens with one attached hydrogen (secondary N) is 2. The number of aromatic nitrogens is 2. The summed E-state index contributed by atoms with van der Waals surface area (Å²) in [6.45, 7) is 2.19. The van der Waals surface area contributed by atoms with Crippen molar-refractivity contribution in [2.75, 3.05) is 13.1 Å². The van der Waals surface area contributed by atoms with Crippen LogP contribution in [-0.4, -0.2) is 28.5 Å². The zero-order valence-corrected chi connectivity index (χ0v) is 8.11. The van der Waals surface area contributed by atoms with Gasteiger partial charge in [-0.1, -0.05) is 23.1 Å². The molecular formula is C5H7N3S3. The molecule has 0 aliphatic carbocycles. The summed E-state index contributed by atoms with van der Waals surface area (Å²) < 4.78 is 1.82. The van der Waals surface area contributed by atoms with Gasteiger partial charge in [0.25, 0.3) is 0 Å². The largest absolute Gasteiger partial charge is 0.314 e. The lowest BCUT2D eigenvalue weighted by Gasteiger charge is -2.24. The van der Waals surface area contributed by atoms with Gasteiger partial charge >= 0.3 is 0 Å². The van der Waals surface area contributed by atoms with E-state index in [9.17, 15) is 0 Å². The summed E-state index contributed by atoms with van der Waals surface area (Å²) in [5.74, 6) is 0. The highest BCUT2D eigenvalue weighted by molar-refractivity contribution is 8.01. The van der Waals surface area contributed by atoms with Crippen molar-refractivity contribution in [1.82, 2.24) is 15.5 Å². The topological polar surface area (TPSA) is 40.7 Å². The first-order valence-corrected chi connectivity index (χ1v) is 5.38. The van der Waals surface area contributed by atoms with Crippen molar-refractivity contribution < 1.29 is 0 Å². The van der Waals surface area contributed by atoms with Crippen molar-refractivity contribution in [2.24, 2.45) is 0 Å². The quantitative estimate of drug-likeness (QED) is 0.713. The fraction of sp³-hybridized carbons (Fsp3) is 0.600. The molecule has 1 aromatic rings. The molecule has 0 saturated carbocycles. The summed E-state index contributed by atoms with van der Waals surface area (Å²) in [6, 6.07) is 0. The average molecular weight is 205 g/mol. The number of rotatable bonds is 2. The van der Waals surface area contributed by atoms with Crippen molar-refractivity contribution in [2.45, 2.75) is 9.59 Å². The van der Waals surface area contributed by atoms with Crippen LogP contribution in [0.25, 0.3) is 0 Å². The maximum atomic E-state index is 4.91. The van der Waals surface area contributed by atoms with Gasteiger partial charge in [-0.05, 0) is 12.2 Å². The monoisotopic (exact) mass is 205 g/mol. The van der Waals surface area contributed by atoms with E-state index in [0.29, 0.717) is 5.25 Å². The molecular weight excluding hydrogens is 198 g/mol. The Labute approximate surface area is 77.6 Å². The molecule has 2 heterocycles. The van der Waals surface area contributed by atoms with Crippen molar-refractivity contribution in [3.05, 3.63) is 3.95 Å². The highest BCUT2D eigenvalue weighted by Gasteiger charge is 2.18. The molecule has 0 unspecified atom stereocenters. The van der Waals surface area contributed by atoms with Gasteiger partial charge in [0, 0.05) is 18.3 Å². The lowest BCUT2D eigenvalue weighted by atomic mass is 10.3. The summed E-state index contributed by atoms with van der Waals surface area (Å²) in [5.41, 5.74) is 0. The molecule has 3 nitrogen and oxygen atoms in total. The zero-order valence-electron chi connectivity index (χ0n) is 5.66. The molecule has 2 N–H and O–H groups in total. The van der Waals surface area contributed by atoms with Gasteiger partial charge in [-0.25, -0.2) is 0 Å². The second-order valence-corrected chi connectivity index (χ2v) is 5.49. The lowest BCUT2D eigenvalue weighted by Crippen LogP contribution is -2.44. The van der Waals surface area contributed by atoms with E-state index in [-0.39, 0.29) is 0 Å². The zero-order chi connectivity index (χ0) is 7.68. The Morgan fingerprint density at radius 2 is 2.45 bits per heavy atom. The Kier molecular flexibility index (Phi) is 2.26. The molecule has 0 radical (unpaired) electrons. The van der Waals surface area contributed by atoms with Crippen LogP contribution in [0.5, 0.6) is 0 Å². The second-order valence-electron chi connectivity index (χ2n) is 2.28. The minimum Gasteiger partial charge on any atom is -0.314 e. The van der Waals surface area contributed by atoms with Crippen LogP contribution in [0, 0.1) is 3.95 Å². The Balaban J connectivity index is 2.00. The summed E-state index contributed by atoms with van der Waals surface area (Å²) in [5, 5.41) is 10.7. The van der Waals surface area contributed by atoms with Crippen molar-refractivity contribution in [1.29, 1.82) is 0 Å². The molecule has 0 spiro atoms. The summed E-state index contributed by atoms with van der Waals surface area (Å²) in [7, 11) is 0. The third kappa shape index (κ3) is 1.81. The molecule has 6 heteroatoms. The first-order chi connectivity index (χ1) is 5.34. The molecule has 1 aliphatic rings. The van der Waals surface area contributed by atoms with E-state index in [0.717, 1.165) is 21.4 Å². The van der Waals surface area contributed by atoms with Gasteiger partial charge in [-0.2, -0.15) is 5.10 Å². The standard InChI is InChI=1S/C5H7N3S3/c9-4-7-8-5(11-4)10-3-1-6-2-3/h3,6H,1-2H2,(H,7,9). The third-order valence-electron chi connectivity index (χ3n) is 1.43. The second kappa shape index (κ2) is 3.22. The molecule has 1 fully saturated rings. The molecule has 0 aromatic carbocycles. The molecule has 1 aromatic heterocycles. The SMILES string of the molecule is S=c1[nH]nc(SC2CNC2)s1. The summed E-state index contributed by atoms with van der Waals surface area (Å²) in [4.78, 5) is 0. The van der Waals surface area contributed by atoms with E-state index in [1.165, 1.54) is 0 Å². The number of nitrogens with zero attached hydrogens (tertiary/aromatic N) is 1. The van der Waals surface area contributed by atoms with Gasteiger partial charge in [0.1, 0.15) is 0 Å². The average Bonchev–Trinajstić information content (AvgIpc) is 2.27. The maximum absolute atomic E-state index is 4.91. The van der Waals surface area contributed by atoms with E-state index in [1.54, 1.807) is 23.1 Å². The normalized spacial score (nSPS) is 18.2. The van der Waals surface area contributed by atoms with Gasteiger partial charge < -0.3 is 5.32 Å². The van der Waals surface area contributed by atoms with Crippen LogP contribution in [0.15, 0.2) is 4.34 Å². The van der Waals surface area contributed by atoms with E-state index in [4.69, 9.17) is 12.2 Å². The lowest BCUT2D eigenvalue weighted by molar-refractivity contribution is 0.543. The Bertz CT molecular complexity index is 287. The number of hydrogen-bond acceptors (Lipinski definition) is 5. The fourth-order valence-electron chi connectivity index (χ4n) is 0.755. The smallest absolute Gasteiger partial charge is 0.177 e. The van der Waals surface area contributed by atoms with E-state index < -0.39 is 0 Å². The van der Waals surface area contributed by atoms with Gasteiger partial charge in [0.05, 0.1) is 0 Å². The predicted octanol–water partition coefficient (Wildman–Crippen LogP) is 1.26. The minimum atomic E-state index is 0.698. The number of aromatic amines is 1. The number of thioether (sulfide) groups is 1. The van der Waals surface area contributed by atoms with Gasteiger partial charge in [-0.3, -0.25) is 5.10 Å². The molecule has 60 valence electrons. The van der Waals surface area contributed by atoms with Crippen molar-refractivity contribution >= 4 is 35.3 Å². The van der Waals surface area contributed by atoms with E-state index in [1.807, 2.05) is 0 Å². The number of H-pyrrole nitrogens is 1. The van der Waals surface area contributed by atoms with Gasteiger partial charge in [0.15, 0.2) is 8.29 Å². The first kappa shape index (κ1) is 7.72. The van der Waals surface area contributed by atoms with Crippen LogP contribution in [0.1, 0.15) is 0 Å². The summed E-state index contributed by atoms with van der Waals surface area (Å²) in [6.07, 6.45) is 0. The molecule has 1 aliphatic heterocycles. The van der Waals surface area contributed by atoms with Crippen LogP contribution < -0.4 is 5.32 Å². The molecule has 2 rings (SSSR count). The van der Waals surface area contributed by atoms with Crippen LogP contribution in [0.3, 0.4) is 0 Å². The van der Waals surface area contributed by atoms with Gasteiger partial charge in [-0.15, -0.1) is 0 Å². The molecule has 0 amide bonds. The molecule has 0 atom stereocenters. The van der Waals surface area contributed by atoms with E-state index >= 15 is 0 Å². The Hall–Kier alpha value is 0.0900. The van der Waals surface area contributed by atoms with Crippen LogP contribution in [-0.2, 0) is 0 Å². The highest BCUT2D eigenvalue weighted by atomic mass is 32.2. The first-order valence-electron chi connectivity index (χ1n) is 3.27. The van der Waals surface area contributed by atoms with Crippen LogP contribution >= 0.6 is 35.3 Å². The highest BCUT2D eigenvalue weighted by Crippen LogP contribution is 2.26. The van der Waals surface area contributed by atoms with Gasteiger partial charge in [0.2, 0.25) is 0 Å². The maximum Gasteiger partial charge on any atom is 0.177 e. The van der Waals surface area contributed by atoms with Crippen molar-refractivity contribution in [3.63, 3.8) is 0 Å². The minimum absolute atomic E-state index is 0.698. The number of hydrogen-bond donors (Lipinski definition) is 2. The molecule has 11 heavy (non-hydrogen) atoms. The molecule has 0 bridgehead atoms. The van der Waals surface area contributed by atoms with Crippen molar-refractivity contribution in [3.8, 4) is 0 Å². The molecule has 1 saturated heterocycles. The third-order valence-corrected chi connectivity index (χ3v) is 3.81. The van der Waals surface area contributed by atoms with E-state index in [2.05, 4.69) is 15.5 Å². The fourth-order valence-corrected chi connectivity index (χ4v) is 3.17. The predicted molar refractivity (Wildman–Crippen MR) is 49.8 cm³/mol. The van der Waals surface area contributed by atoms with Crippen LogP contribution in [0.4, 0.5) is 0 Å². The Morgan fingerprint density at radius 3 is 2.91 bits per heavy atom. The van der Waals surface area contributed by atoms with Crippen LogP contribution in [0.2, 0.25) is 0 Å². The Morgan fingerprint density at radius 1 is 1.64 bits per heavy atom.